The number of amides is 1. The molecule has 10 nitrogen and oxygen atoms in total. The van der Waals surface area contributed by atoms with Crippen molar-refractivity contribution in [1.29, 1.82) is 0 Å². The van der Waals surface area contributed by atoms with E-state index in [0.29, 0.717) is 5.76 Å². The lowest BCUT2D eigenvalue weighted by atomic mass is 10.2. The Balaban J connectivity index is 1.58. The lowest BCUT2D eigenvalue weighted by Gasteiger charge is -2.08. The number of hydrogen-bond donors (Lipinski definition) is 1. The van der Waals surface area contributed by atoms with Crippen molar-refractivity contribution in [2.75, 3.05) is 11.9 Å². The molecule has 0 radical (unpaired) electrons. The molecule has 3 aromatic rings. The summed E-state index contributed by atoms with van der Waals surface area (Å²) in [5.41, 5.74) is -0.127. The van der Waals surface area contributed by atoms with Crippen molar-refractivity contribution in [1.82, 2.24) is 5.16 Å². The topological polar surface area (TPSA) is 134 Å². The molecule has 0 atom stereocenters. The summed E-state index contributed by atoms with van der Waals surface area (Å²) in [6, 6.07) is 11.2. The van der Waals surface area contributed by atoms with E-state index in [0.717, 1.165) is 0 Å². The molecule has 0 saturated heterocycles. The Morgan fingerprint density at radius 1 is 1.20 bits per heavy atom. The van der Waals surface area contributed by atoms with Gasteiger partial charge in [-0.25, -0.2) is 4.79 Å². The highest BCUT2D eigenvalue weighted by Gasteiger charge is 2.17. The fourth-order valence-electron chi connectivity index (χ4n) is 2.32. The van der Waals surface area contributed by atoms with Crippen molar-refractivity contribution < 1.29 is 28.5 Å². The van der Waals surface area contributed by atoms with E-state index in [4.69, 9.17) is 25.6 Å². The van der Waals surface area contributed by atoms with E-state index in [1.54, 1.807) is 6.92 Å². The van der Waals surface area contributed by atoms with E-state index in [-0.39, 0.29) is 33.6 Å². The van der Waals surface area contributed by atoms with Gasteiger partial charge in [-0.15, -0.1) is 0 Å². The zero-order chi connectivity index (χ0) is 21.7. The maximum atomic E-state index is 12.1. The molecule has 0 spiro atoms. The molecule has 0 unspecified atom stereocenters. The van der Waals surface area contributed by atoms with E-state index in [1.165, 1.54) is 48.5 Å². The molecule has 0 aliphatic heterocycles. The van der Waals surface area contributed by atoms with Crippen LogP contribution >= 0.6 is 11.6 Å². The van der Waals surface area contributed by atoms with Crippen molar-refractivity contribution in [3.05, 3.63) is 75.0 Å². The summed E-state index contributed by atoms with van der Waals surface area (Å²) in [6.45, 7) is 1.15. The number of nitro benzene ring substituents is 1. The minimum absolute atomic E-state index is 0.000472. The van der Waals surface area contributed by atoms with Crippen LogP contribution in [0.1, 0.15) is 16.1 Å². The third-order valence-electron chi connectivity index (χ3n) is 3.67. The van der Waals surface area contributed by atoms with Crippen LogP contribution in [0, 0.1) is 17.0 Å². The minimum atomic E-state index is -0.731. The molecule has 1 aromatic heterocycles. The maximum Gasteiger partial charge on any atom is 0.338 e. The summed E-state index contributed by atoms with van der Waals surface area (Å²) in [5, 5.41) is 17.3. The zero-order valence-electron chi connectivity index (χ0n) is 15.5. The summed E-state index contributed by atoms with van der Waals surface area (Å²) >= 11 is 5.77. The predicted molar refractivity (Wildman–Crippen MR) is 105 cm³/mol. The molecule has 154 valence electrons. The fraction of sp³-hybridized carbons (Fsp3) is 0.105. The molecule has 1 heterocycles. The van der Waals surface area contributed by atoms with Crippen LogP contribution in [-0.2, 0) is 9.53 Å². The number of ether oxygens (including phenoxy) is 2. The van der Waals surface area contributed by atoms with Crippen molar-refractivity contribution in [3.8, 4) is 11.5 Å². The Bertz CT molecular complexity index is 1100. The second-order valence-corrected chi connectivity index (χ2v) is 6.38. The van der Waals surface area contributed by atoms with Crippen molar-refractivity contribution >= 4 is 35.0 Å². The highest BCUT2D eigenvalue weighted by Crippen LogP contribution is 2.33. The van der Waals surface area contributed by atoms with Gasteiger partial charge in [0.25, 0.3) is 5.91 Å². The molecule has 1 amide bonds. The number of carbonyl (C=O) groups is 2. The largest absolute Gasteiger partial charge is 0.452 e. The van der Waals surface area contributed by atoms with Gasteiger partial charge in [0, 0.05) is 17.2 Å². The first-order valence-corrected chi connectivity index (χ1v) is 8.82. The summed E-state index contributed by atoms with van der Waals surface area (Å²) in [5.74, 6) is -0.312. The number of nitrogens with zero attached hydrogens (tertiary/aromatic N) is 2. The Hall–Kier alpha value is -3.92. The molecule has 1 N–H and O–H groups in total. The number of carbonyl (C=O) groups excluding carboxylic acids is 2. The zero-order valence-corrected chi connectivity index (χ0v) is 16.2. The van der Waals surface area contributed by atoms with Crippen LogP contribution < -0.4 is 10.1 Å². The average Bonchev–Trinajstić information content (AvgIpc) is 3.12. The predicted octanol–water partition coefficient (Wildman–Crippen LogP) is 4.13. The van der Waals surface area contributed by atoms with Gasteiger partial charge >= 0.3 is 11.7 Å². The number of halogens is 1. The van der Waals surface area contributed by atoms with E-state index >= 15 is 0 Å². The molecule has 0 fully saturated rings. The summed E-state index contributed by atoms with van der Waals surface area (Å²) in [4.78, 5) is 34.3. The number of nitro groups is 1. The van der Waals surface area contributed by atoms with Gasteiger partial charge in [0.2, 0.25) is 5.75 Å². The first kappa shape index (κ1) is 20.8. The Morgan fingerprint density at radius 3 is 2.57 bits per heavy atom. The van der Waals surface area contributed by atoms with Crippen LogP contribution in [0.25, 0.3) is 0 Å². The normalized spacial score (nSPS) is 10.3. The standard InChI is InChI=1S/C19H14ClN3O7/c1-11-8-17(22-30-11)21-18(24)10-28-19(25)12-2-5-14(6-3-12)29-16-7-4-13(20)9-15(16)23(26)27/h2-9H,10H2,1H3,(H,21,22,24). The molecule has 0 aliphatic carbocycles. The number of anilines is 1. The molecular weight excluding hydrogens is 418 g/mol. The van der Waals surface area contributed by atoms with Gasteiger partial charge in [-0.05, 0) is 43.3 Å². The number of hydrogen-bond acceptors (Lipinski definition) is 8. The lowest BCUT2D eigenvalue weighted by molar-refractivity contribution is -0.385. The highest BCUT2D eigenvalue weighted by molar-refractivity contribution is 6.30. The lowest BCUT2D eigenvalue weighted by Crippen LogP contribution is -2.21. The Labute approximate surface area is 174 Å². The first-order chi connectivity index (χ1) is 14.3. The number of aryl methyl sites for hydroxylation is 1. The molecule has 0 saturated carbocycles. The van der Waals surface area contributed by atoms with E-state index in [2.05, 4.69) is 10.5 Å². The van der Waals surface area contributed by atoms with Crippen molar-refractivity contribution in [2.45, 2.75) is 6.92 Å². The van der Waals surface area contributed by atoms with Gasteiger partial charge in [0.15, 0.2) is 12.4 Å². The third kappa shape index (κ3) is 5.32. The molecule has 11 heteroatoms. The molecule has 30 heavy (non-hydrogen) atoms. The fourth-order valence-corrected chi connectivity index (χ4v) is 2.49. The summed E-state index contributed by atoms with van der Waals surface area (Å²) in [6.07, 6.45) is 0. The van der Waals surface area contributed by atoms with Crippen LogP contribution in [0.3, 0.4) is 0 Å². The van der Waals surface area contributed by atoms with Gasteiger partial charge in [0.1, 0.15) is 11.5 Å². The SMILES string of the molecule is Cc1cc(NC(=O)COC(=O)c2ccc(Oc3ccc(Cl)cc3[N+](=O)[O-])cc2)no1. The monoisotopic (exact) mass is 431 g/mol. The summed E-state index contributed by atoms with van der Waals surface area (Å²) in [7, 11) is 0. The van der Waals surface area contributed by atoms with E-state index in [9.17, 15) is 19.7 Å². The molecule has 2 aromatic carbocycles. The van der Waals surface area contributed by atoms with Crippen LogP contribution in [0.15, 0.2) is 53.1 Å². The van der Waals surface area contributed by atoms with Crippen LogP contribution in [0.5, 0.6) is 11.5 Å². The number of rotatable bonds is 7. The number of benzene rings is 2. The van der Waals surface area contributed by atoms with Gasteiger partial charge in [0.05, 0.1) is 10.5 Å². The van der Waals surface area contributed by atoms with Gasteiger partial charge in [-0.2, -0.15) is 0 Å². The van der Waals surface area contributed by atoms with Crippen molar-refractivity contribution in [3.63, 3.8) is 0 Å². The Kier molecular flexibility index (Phi) is 6.28. The van der Waals surface area contributed by atoms with Crippen LogP contribution in [0.4, 0.5) is 11.5 Å². The second-order valence-electron chi connectivity index (χ2n) is 5.94. The molecular formula is C19H14ClN3O7. The third-order valence-corrected chi connectivity index (χ3v) is 3.90. The van der Waals surface area contributed by atoms with Crippen molar-refractivity contribution in [2.24, 2.45) is 0 Å². The van der Waals surface area contributed by atoms with Gasteiger partial charge < -0.3 is 19.3 Å². The molecule has 3 rings (SSSR count). The smallest absolute Gasteiger partial charge is 0.338 e. The first-order valence-electron chi connectivity index (χ1n) is 8.44. The van der Waals surface area contributed by atoms with Gasteiger partial charge in [-0.3, -0.25) is 14.9 Å². The maximum absolute atomic E-state index is 12.1. The molecule has 0 bridgehead atoms. The number of aromatic nitrogens is 1. The van der Waals surface area contributed by atoms with Gasteiger partial charge in [-0.1, -0.05) is 16.8 Å². The minimum Gasteiger partial charge on any atom is -0.452 e. The van der Waals surface area contributed by atoms with E-state index in [1.807, 2.05) is 0 Å². The number of esters is 1. The number of nitrogens with one attached hydrogen (secondary N) is 1. The quantitative estimate of drug-likeness (QED) is 0.335. The van der Waals surface area contributed by atoms with E-state index < -0.39 is 23.4 Å². The highest BCUT2D eigenvalue weighted by atomic mass is 35.5. The molecule has 0 aliphatic rings. The second kappa shape index (κ2) is 9.05. The van der Waals surface area contributed by atoms with Crippen LogP contribution in [-0.4, -0.2) is 28.6 Å². The summed E-state index contributed by atoms with van der Waals surface area (Å²) < 4.78 is 15.2. The van der Waals surface area contributed by atoms with Crippen LogP contribution in [0.2, 0.25) is 5.02 Å². The average molecular weight is 432 g/mol. The Morgan fingerprint density at radius 2 is 1.93 bits per heavy atom.